The number of rotatable bonds is 3. The standard InChI is InChI=1S/C11H14N2O3S2/c1-6-8(11(15)16)10(18-12-6)13(2)9(14)7-3-4-17-5-7/h7H,3-5H2,1-2H3,(H,15,16). The fourth-order valence-electron chi connectivity index (χ4n) is 1.94. The van der Waals surface area contributed by atoms with E-state index in [1.54, 1.807) is 25.7 Å². The Kier molecular flexibility index (Phi) is 3.91. The van der Waals surface area contributed by atoms with E-state index in [9.17, 15) is 9.59 Å². The van der Waals surface area contributed by atoms with Gasteiger partial charge in [0.25, 0.3) is 0 Å². The molecule has 0 spiro atoms. The van der Waals surface area contributed by atoms with E-state index in [1.165, 1.54) is 4.90 Å². The molecule has 7 heteroatoms. The lowest BCUT2D eigenvalue weighted by Crippen LogP contribution is -2.33. The van der Waals surface area contributed by atoms with E-state index < -0.39 is 5.97 Å². The third-order valence-corrected chi connectivity index (χ3v) is 5.15. The van der Waals surface area contributed by atoms with Crippen molar-refractivity contribution < 1.29 is 14.7 Å². The summed E-state index contributed by atoms with van der Waals surface area (Å²) in [7, 11) is 1.63. The number of thioether (sulfide) groups is 1. The van der Waals surface area contributed by atoms with Crippen LogP contribution in [-0.4, -0.2) is 39.9 Å². The Morgan fingerprint density at radius 3 is 2.78 bits per heavy atom. The number of hydrogen-bond donors (Lipinski definition) is 1. The Morgan fingerprint density at radius 2 is 2.22 bits per heavy atom. The van der Waals surface area contributed by atoms with Gasteiger partial charge >= 0.3 is 5.97 Å². The molecule has 1 aromatic rings. The van der Waals surface area contributed by atoms with Gasteiger partial charge in [-0.05, 0) is 30.6 Å². The Morgan fingerprint density at radius 1 is 1.50 bits per heavy atom. The van der Waals surface area contributed by atoms with Crippen molar-refractivity contribution in [3.8, 4) is 0 Å². The molecule has 1 N–H and O–H groups in total. The fraction of sp³-hybridized carbons (Fsp3) is 0.545. The maximum absolute atomic E-state index is 12.2. The molecule has 2 rings (SSSR count). The van der Waals surface area contributed by atoms with Crippen molar-refractivity contribution in [2.45, 2.75) is 13.3 Å². The zero-order chi connectivity index (χ0) is 13.3. The van der Waals surface area contributed by atoms with Gasteiger partial charge in [0.2, 0.25) is 5.91 Å². The van der Waals surface area contributed by atoms with Crippen LogP contribution in [0.1, 0.15) is 22.5 Å². The maximum Gasteiger partial charge on any atom is 0.340 e. The first-order chi connectivity index (χ1) is 8.52. The van der Waals surface area contributed by atoms with Crippen LogP contribution in [0.25, 0.3) is 0 Å². The molecule has 1 aliphatic rings. The van der Waals surface area contributed by atoms with Crippen molar-refractivity contribution >= 4 is 40.2 Å². The molecule has 1 saturated heterocycles. The van der Waals surface area contributed by atoms with E-state index >= 15 is 0 Å². The molecular formula is C11H14N2O3S2. The van der Waals surface area contributed by atoms with Crippen LogP contribution in [0.4, 0.5) is 5.00 Å². The molecular weight excluding hydrogens is 272 g/mol. The predicted molar refractivity (Wildman–Crippen MR) is 72.7 cm³/mol. The van der Waals surface area contributed by atoms with Crippen LogP contribution in [0.15, 0.2) is 0 Å². The maximum atomic E-state index is 12.2. The Hall–Kier alpha value is -1.08. The summed E-state index contributed by atoms with van der Waals surface area (Å²) in [5, 5.41) is 9.59. The molecule has 18 heavy (non-hydrogen) atoms. The van der Waals surface area contributed by atoms with E-state index in [-0.39, 0.29) is 17.4 Å². The van der Waals surface area contributed by atoms with Crippen LogP contribution >= 0.6 is 23.3 Å². The molecule has 5 nitrogen and oxygen atoms in total. The third kappa shape index (κ3) is 2.37. The number of carboxylic acid groups (broad SMARTS) is 1. The van der Waals surface area contributed by atoms with Crippen LogP contribution in [0, 0.1) is 12.8 Å². The highest BCUT2D eigenvalue weighted by atomic mass is 32.2. The van der Waals surface area contributed by atoms with Gasteiger partial charge in [0.15, 0.2) is 0 Å². The molecule has 0 radical (unpaired) electrons. The van der Waals surface area contributed by atoms with Crippen molar-refractivity contribution in [1.82, 2.24) is 4.37 Å². The lowest BCUT2D eigenvalue weighted by atomic mass is 10.1. The average molecular weight is 286 g/mol. The van der Waals surface area contributed by atoms with Crippen molar-refractivity contribution in [2.75, 3.05) is 23.5 Å². The summed E-state index contributed by atoms with van der Waals surface area (Å²) in [6.45, 7) is 1.65. The minimum Gasteiger partial charge on any atom is -0.478 e. The van der Waals surface area contributed by atoms with Crippen LogP contribution < -0.4 is 4.90 Å². The monoisotopic (exact) mass is 286 g/mol. The number of amides is 1. The van der Waals surface area contributed by atoms with Crippen LogP contribution in [-0.2, 0) is 4.79 Å². The Bertz CT molecular complexity index is 481. The molecule has 1 amide bonds. The number of carbonyl (C=O) groups is 2. The normalized spacial score (nSPS) is 18.9. The van der Waals surface area contributed by atoms with E-state index in [2.05, 4.69) is 4.37 Å². The summed E-state index contributed by atoms with van der Waals surface area (Å²) in [5.41, 5.74) is 0.601. The molecule has 0 aliphatic carbocycles. The number of carbonyl (C=O) groups excluding carboxylic acids is 1. The second kappa shape index (κ2) is 5.27. The van der Waals surface area contributed by atoms with Crippen LogP contribution in [0.3, 0.4) is 0 Å². The quantitative estimate of drug-likeness (QED) is 0.918. The number of aryl methyl sites for hydroxylation is 1. The average Bonchev–Trinajstić information content (AvgIpc) is 2.95. The molecule has 2 heterocycles. The third-order valence-electron chi connectivity index (χ3n) is 2.97. The SMILES string of the molecule is Cc1nsc(N(C)C(=O)C2CCSC2)c1C(=O)O. The minimum absolute atomic E-state index is 0.00375. The topological polar surface area (TPSA) is 70.5 Å². The molecule has 1 aromatic heterocycles. The van der Waals surface area contributed by atoms with E-state index in [0.29, 0.717) is 10.7 Å². The fourth-order valence-corrected chi connectivity index (χ4v) is 4.00. The van der Waals surface area contributed by atoms with Crippen LogP contribution in [0.2, 0.25) is 0 Å². The summed E-state index contributed by atoms with van der Waals surface area (Å²) in [4.78, 5) is 24.9. The summed E-state index contributed by atoms with van der Waals surface area (Å²) in [6, 6.07) is 0. The van der Waals surface area contributed by atoms with Gasteiger partial charge in [-0.25, -0.2) is 4.79 Å². The molecule has 1 atom stereocenters. The van der Waals surface area contributed by atoms with E-state index in [0.717, 1.165) is 29.5 Å². The second-order valence-corrected chi connectivity index (χ2v) is 6.11. The first kappa shape index (κ1) is 13.4. The first-order valence-electron chi connectivity index (χ1n) is 5.57. The molecule has 1 aliphatic heterocycles. The molecule has 0 saturated carbocycles. The van der Waals surface area contributed by atoms with E-state index in [1.807, 2.05) is 0 Å². The molecule has 0 aromatic carbocycles. The number of hydrogen-bond acceptors (Lipinski definition) is 5. The second-order valence-electron chi connectivity index (χ2n) is 4.21. The highest BCUT2D eigenvalue weighted by Crippen LogP contribution is 2.31. The summed E-state index contributed by atoms with van der Waals surface area (Å²) in [5.74, 6) is 0.785. The first-order valence-corrected chi connectivity index (χ1v) is 7.50. The number of aromatic nitrogens is 1. The van der Waals surface area contributed by atoms with E-state index in [4.69, 9.17) is 5.11 Å². The van der Waals surface area contributed by atoms with Gasteiger partial charge in [-0.1, -0.05) is 0 Å². The van der Waals surface area contributed by atoms with Crippen molar-refractivity contribution in [3.63, 3.8) is 0 Å². The number of nitrogens with zero attached hydrogens (tertiary/aromatic N) is 2. The highest BCUT2D eigenvalue weighted by Gasteiger charge is 2.30. The lowest BCUT2D eigenvalue weighted by Gasteiger charge is -2.19. The van der Waals surface area contributed by atoms with Gasteiger partial charge in [-0.3, -0.25) is 4.79 Å². The largest absolute Gasteiger partial charge is 0.478 e. The smallest absolute Gasteiger partial charge is 0.340 e. The number of carboxylic acids is 1. The predicted octanol–water partition coefficient (Wildman–Crippen LogP) is 1.87. The number of anilines is 1. The summed E-state index contributed by atoms with van der Waals surface area (Å²) < 4.78 is 4.03. The van der Waals surface area contributed by atoms with Crippen molar-refractivity contribution in [1.29, 1.82) is 0 Å². The van der Waals surface area contributed by atoms with Gasteiger partial charge in [-0.2, -0.15) is 16.1 Å². The van der Waals surface area contributed by atoms with Gasteiger partial charge < -0.3 is 10.0 Å². The Balaban J connectivity index is 2.25. The molecule has 0 bridgehead atoms. The lowest BCUT2D eigenvalue weighted by molar-refractivity contribution is -0.121. The van der Waals surface area contributed by atoms with Gasteiger partial charge in [-0.15, -0.1) is 0 Å². The molecule has 1 fully saturated rings. The van der Waals surface area contributed by atoms with Crippen molar-refractivity contribution in [2.24, 2.45) is 5.92 Å². The summed E-state index contributed by atoms with van der Waals surface area (Å²) in [6.07, 6.45) is 0.869. The Labute approximate surface area is 113 Å². The molecule has 98 valence electrons. The minimum atomic E-state index is -1.03. The molecule has 1 unspecified atom stereocenters. The zero-order valence-corrected chi connectivity index (χ0v) is 11.8. The van der Waals surface area contributed by atoms with Crippen molar-refractivity contribution in [3.05, 3.63) is 11.3 Å². The van der Waals surface area contributed by atoms with Gasteiger partial charge in [0.1, 0.15) is 10.6 Å². The zero-order valence-electron chi connectivity index (χ0n) is 10.2. The summed E-state index contributed by atoms with van der Waals surface area (Å²) >= 11 is 2.83. The highest BCUT2D eigenvalue weighted by molar-refractivity contribution is 7.99. The van der Waals surface area contributed by atoms with Gasteiger partial charge in [0.05, 0.1) is 5.69 Å². The van der Waals surface area contributed by atoms with Gasteiger partial charge in [0, 0.05) is 18.7 Å². The van der Waals surface area contributed by atoms with Crippen LogP contribution in [0.5, 0.6) is 0 Å². The number of aromatic carboxylic acids is 1.